The summed E-state index contributed by atoms with van der Waals surface area (Å²) < 4.78 is 23.2. The molecular formula is C48H95N2O6P. The molecule has 1 amide bonds. The third-order valence-electron chi connectivity index (χ3n) is 10.9. The van der Waals surface area contributed by atoms with Gasteiger partial charge in [-0.25, -0.2) is 0 Å². The van der Waals surface area contributed by atoms with Gasteiger partial charge in [0.25, 0.3) is 7.82 Å². The molecule has 0 aliphatic heterocycles. The molecule has 0 spiro atoms. The van der Waals surface area contributed by atoms with Crippen LogP contribution in [0.1, 0.15) is 226 Å². The Kier molecular flexibility index (Phi) is 39.7. The first-order chi connectivity index (χ1) is 27.5. The highest BCUT2D eigenvalue weighted by molar-refractivity contribution is 7.45. The van der Waals surface area contributed by atoms with Crippen molar-refractivity contribution in [2.45, 2.75) is 238 Å². The normalized spacial score (nSPS) is 14.4. The molecule has 57 heavy (non-hydrogen) atoms. The van der Waals surface area contributed by atoms with E-state index in [-0.39, 0.29) is 19.1 Å². The van der Waals surface area contributed by atoms with Crippen molar-refractivity contribution >= 4 is 13.7 Å². The van der Waals surface area contributed by atoms with Gasteiger partial charge in [-0.15, -0.1) is 0 Å². The Labute approximate surface area is 354 Å². The fraction of sp³-hybridized carbons (Fsp3) is 0.896. The number of aliphatic hydroxyl groups excluding tert-OH is 1. The number of quaternary nitrogens is 1. The fourth-order valence-electron chi connectivity index (χ4n) is 7.05. The highest BCUT2D eigenvalue weighted by Crippen LogP contribution is 2.38. The molecular weight excluding hydrogens is 732 g/mol. The van der Waals surface area contributed by atoms with Crippen LogP contribution in [0, 0.1) is 0 Å². The standard InChI is InChI=1S/C48H95N2O6P/c1-6-8-10-12-14-16-18-20-22-23-24-25-26-28-30-32-34-36-38-40-42-48(52)49-46(45-56-57(53,54)55-44-43-50(3,4)5)47(51)41-39-37-35-33-31-29-27-21-19-17-15-13-11-9-7-2/h31,33,39,41,46-47,51H,6-30,32,34-38,40,42-45H2,1-5H3,(H-,49,52,53,54)/b33-31+,41-39+/t46-,47+/m0/s1. The first-order valence-electron chi connectivity index (χ1n) is 24.2. The number of phosphoric acid groups is 1. The molecule has 0 aromatic heterocycles. The van der Waals surface area contributed by atoms with E-state index in [1.807, 2.05) is 27.2 Å². The van der Waals surface area contributed by atoms with Crippen molar-refractivity contribution in [3.63, 3.8) is 0 Å². The van der Waals surface area contributed by atoms with E-state index in [1.54, 1.807) is 6.08 Å². The molecule has 8 nitrogen and oxygen atoms in total. The van der Waals surface area contributed by atoms with Crippen molar-refractivity contribution in [2.75, 3.05) is 40.9 Å². The number of hydrogen-bond acceptors (Lipinski definition) is 6. The number of nitrogens with one attached hydrogen (secondary N) is 1. The van der Waals surface area contributed by atoms with Gasteiger partial charge < -0.3 is 28.8 Å². The molecule has 0 aliphatic carbocycles. The lowest BCUT2D eigenvalue weighted by Crippen LogP contribution is -2.45. The predicted octanol–water partition coefficient (Wildman–Crippen LogP) is 13.1. The summed E-state index contributed by atoms with van der Waals surface area (Å²) in [6, 6.07) is -0.898. The zero-order valence-corrected chi connectivity index (χ0v) is 39.2. The average molecular weight is 827 g/mol. The number of unbranched alkanes of at least 4 members (excludes halogenated alkanes) is 29. The van der Waals surface area contributed by atoms with E-state index in [9.17, 15) is 19.4 Å². The number of likely N-dealkylation sites (N-methyl/N-ethyl adjacent to an activating group) is 1. The lowest BCUT2D eigenvalue weighted by molar-refractivity contribution is -0.870. The number of carbonyl (C=O) groups excluding carboxylic acids is 1. The number of hydrogen-bond donors (Lipinski definition) is 2. The SMILES string of the molecule is CCCCCCCCCCC/C=C/CC/C=C/[C@@H](O)[C@H](COP(=O)([O-])OCC[N+](C)(C)C)NC(=O)CCCCCCCCCCCCCCCCCCCCCC. The van der Waals surface area contributed by atoms with Crippen LogP contribution in [0.25, 0.3) is 0 Å². The lowest BCUT2D eigenvalue weighted by Gasteiger charge is -2.29. The van der Waals surface area contributed by atoms with E-state index < -0.39 is 20.0 Å². The number of allylic oxidation sites excluding steroid dienone is 3. The Hall–Kier alpha value is -1.02. The molecule has 0 aromatic rings. The Balaban J connectivity index is 4.34. The molecule has 9 heteroatoms. The summed E-state index contributed by atoms with van der Waals surface area (Å²) in [5.74, 6) is -0.204. The third kappa shape index (κ3) is 42.9. The Morgan fingerprint density at radius 3 is 1.42 bits per heavy atom. The van der Waals surface area contributed by atoms with Crippen molar-refractivity contribution < 1.29 is 32.9 Å². The van der Waals surface area contributed by atoms with E-state index in [4.69, 9.17) is 9.05 Å². The third-order valence-corrected chi connectivity index (χ3v) is 11.9. The summed E-state index contributed by atoms with van der Waals surface area (Å²) in [4.78, 5) is 25.3. The van der Waals surface area contributed by atoms with E-state index in [1.165, 1.54) is 167 Å². The Morgan fingerprint density at radius 2 is 0.982 bits per heavy atom. The van der Waals surface area contributed by atoms with Crippen molar-refractivity contribution in [1.82, 2.24) is 5.32 Å². The van der Waals surface area contributed by atoms with Crippen LogP contribution in [0.5, 0.6) is 0 Å². The number of nitrogens with zero attached hydrogens (tertiary/aromatic N) is 1. The zero-order chi connectivity index (χ0) is 42.1. The molecule has 0 saturated heterocycles. The summed E-state index contributed by atoms with van der Waals surface area (Å²) in [5.41, 5.74) is 0. The van der Waals surface area contributed by atoms with Gasteiger partial charge in [0.15, 0.2) is 0 Å². The quantitative estimate of drug-likeness (QED) is 0.0274. The zero-order valence-electron chi connectivity index (χ0n) is 38.3. The average Bonchev–Trinajstić information content (AvgIpc) is 3.16. The Morgan fingerprint density at radius 1 is 0.596 bits per heavy atom. The van der Waals surface area contributed by atoms with Gasteiger partial charge in [-0.05, 0) is 32.1 Å². The highest BCUT2D eigenvalue weighted by atomic mass is 31.2. The van der Waals surface area contributed by atoms with Crippen LogP contribution in [0.3, 0.4) is 0 Å². The molecule has 0 rings (SSSR count). The number of amides is 1. The molecule has 0 heterocycles. The summed E-state index contributed by atoms with van der Waals surface area (Å²) in [5, 5.41) is 13.8. The van der Waals surface area contributed by atoms with E-state index in [0.717, 1.165) is 38.5 Å². The summed E-state index contributed by atoms with van der Waals surface area (Å²) >= 11 is 0. The van der Waals surface area contributed by atoms with Gasteiger partial charge >= 0.3 is 0 Å². The van der Waals surface area contributed by atoms with Crippen molar-refractivity contribution in [2.24, 2.45) is 0 Å². The summed E-state index contributed by atoms with van der Waals surface area (Å²) in [6.07, 6.45) is 48.0. The maximum Gasteiger partial charge on any atom is 0.268 e. The molecule has 0 saturated carbocycles. The van der Waals surface area contributed by atoms with E-state index >= 15 is 0 Å². The molecule has 1 unspecified atom stereocenters. The number of rotatable bonds is 44. The number of phosphoric ester groups is 1. The first-order valence-corrected chi connectivity index (χ1v) is 25.7. The van der Waals surface area contributed by atoms with Crippen LogP contribution in [0.4, 0.5) is 0 Å². The molecule has 0 aliphatic rings. The van der Waals surface area contributed by atoms with E-state index in [0.29, 0.717) is 17.4 Å². The predicted molar refractivity (Wildman–Crippen MR) is 242 cm³/mol. The van der Waals surface area contributed by atoms with Crippen LogP contribution in [0.2, 0.25) is 0 Å². The van der Waals surface area contributed by atoms with Gasteiger partial charge in [0.1, 0.15) is 13.2 Å². The topological polar surface area (TPSA) is 108 Å². The second-order valence-electron chi connectivity index (χ2n) is 17.8. The van der Waals surface area contributed by atoms with Crippen molar-refractivity contribution in [3.8, 4) is 0 Å². The minimum atomic E-state index is -4.59. The smallest absolute Gasteiger partial charge is 0.268 e. The Bertz CT molecular complexity index is 984. The largest absolute Gasteiger partial charge is 0.756 e. The minimum absolute atomic E-state index is 0.00412. The molecule has 0 radical (unpaired) electrons. The van der Waals surface area contributed by atoms with Crippen molar-refractivity contribution in [3.05, 3.63) is 24.3 Å². The van der Waals surface area contributed by atoms with Crippen LogP contribution in [-0.2, 0) is 18.4 Å². The molecule has 338 valence electrons. The van der Waals surface area contributed by atoms with Crippen molar-refractivity contribution in [1.29, 1.82) is 0 Å². The molecule has 2 N–H and O–H groups in total. The van der Waals surface area contributed by atoms with Gasteiger partial charge in [-0.1, -0.05) is 212 Å². The molecule has 0 fully saturated rings. The summed E-state index contributed by atoms with van der Waals surface area (Å²) in [7, 11) is 1.25. The lowest BCUT2D eigenvalue weighted by atomic mass is 10.0. The maximum absolute atomic E-state index is 12.9. The molecule has 0 bridgehead atoms. The number of aliphatic hydroxyl groups is 1. The van der Waals surface area contributed by atoms with Crippen LogP contribution in [-0.4, -0.2) is 68.5 Å². The maximum atomic E-state index is 12.9. The van der Waals surface area contributed by atoms with Crippen LogP contribution >= 0.6 is 7.82 Å². The monoisotopic (exact) mass is 827 g/mol. The van der Waals surface area contributed by atoms with Gasteiger partial charge in [-0.3, -0.25) is 9.36 Å². The summed E-state index contributed by atoms with van der Waals surface area (Å²) in [6.45, 7) is 4.64. The second-order valence-corrected chi connectivity index (χ2v) is 19.2. The van der Waals surface area contributed by atoms with Gasteiger partial charge in [-0.2, -0.15) is 0 Å². The first kappa shape index (κ1) is 56.0. The number of carbonyl (C=O) groups is 1. The van der Waals surface area contributed by atoms with E-state index in [2.05, 4.69) is 31.3 Å². The molecule has 3 atom stereocenters. The second kappa shape index (κ2) is 40.4. The fourth-order valence-corrected chi connectivity index (χ4v) is 7.77. The van der Waals surface area contributed by atoms with Gasteiger partial charge in [0, 0.05) is 6.42 Å². The van der Waals surface area contributed by atoms with Crippen LogP contribution < -0.4 is 10.2 Å². The van der Waals surface area contributed by atoms with Crippen LogP contribution in [0.15, 0.2) is 24.3 Å². The molecule has 0 aromatic carbocycles. The highest BCUT2D eigenvalue weighted by Gasteiger charge is 2.23. The van der Waals surface area contributed by atoms with Gasteiger partial charge in [0.2, 0.25) is 5.91 Å². The minimum Gasteiger partial charge on any atom is -0.756 e. The van der Waals surface area contributed by atoms with Gasteiger partial charge in [0.05, 0.1) is 39.9 Å².